The minimum absolute atomic E-state index is 0.0769. The van der Waals surface area contributed by atoms with Gasteiger partial charge in [0.1, 0.15) is 11.4 Å². The first-order valence-electron chi connectivity index (χ1n) is 8.63. The van der Waals surface area contributed by atoms with Crippen LogP contribution in [0.25, 0.3) is 11.0 Å². The van der Waals surface area contributed by atoms with Gasteiger partial charge in [0.05, 0.1) is 24.2 Å². The van der Waals surface area contributed by atoms with Gasteiger partial charge < -0.3 is 20.1 Å². The smallest absolute Gasteiger partial charge is 0.270 e. The number of amides is 1. The van der Waals surface area contributed by atoms with E-state index in [9.17, 15) is 14.7 Å². The molecular weight excluding hydrogens is 346 g/mol. The summed E-state index contributed by atoms with van der Waals surface area (Å²) in [6.07, 6.45) is -0.508. The summed E-state index contributed by atoms with van der Waals surface area (Å²) in [5.41, 5.74) is 2.02. The number of nitrogens with one attached hydrogen (secondary N) is 2. The highest BCUT2D eigenvalue weighted by Crippen LogP contribution is 2.18. The Morgan fingerprint density at radius 2 is 2.07 bits per heavy atom. The van der Waals surface area contributed by atoms with Crippen molar-refractivity contribution in [1.82, 2.24) is 15.3 Å². The zero-order chi connectivity index (χ0) is 19.2. The first kappa shape index (κ1) is 18.6. The van der Waals surface area contributed by atoms with E-state index < -0.39 is 6.10 Å². The number of carbonyl (C=O) groups excluding carboxylic acids is 1. The third-order valence-corrected chi connectivity index (χ3v) is 4.23. The molecule has 0 radical (unpaired) electrons. The van der Waals surface area contributed by atoms with E-state index in [4.69, 9.17) is 4.74 Å². The maximum Gasteiger partial charge on any atom is 0.270 e. The lowest BCUT2D eigenvalue weighted by atomic mass is 10.1. The van der Waals surface area contributed by atoms with Gasteiger partial charge in [-0.3, -0.25) is 9.59 Å². The lowest BCUT2D eigenvalue weighted by molar-refractivity contribution is -0.121. The highest BCUT2D eigenvalue weighted by molar-refractivity contribution is 5.76. The number of aromatic nitrogens is 2. The number of para-hydroxylation sites is 2. The van der Waals surface area contributed by atoms with Crippen LogP contribution in [0.3, 0.4) is 0 Å². The number of aryl methyl sites for hydroxylation is 1. The summed E-state index contributed by atoms with van der Waals surface area (Å²) in [5, 5.41) is 12.9. The average Bonchev–Trinajstić information content (AvgIpc) is 2.70. The van der Waals surface area contributed by atoms with Crippen molar-refractivity contribution in [1.29, 1.82) is 0 Å². The van der Waals surface area contributed by atoms with Gasteiger partial charge in [-0.15, -0.1) is 0 Å². The van der Waals surface area contributed by atoms with Gasteiger partial charge in [-0.25, -0.2) is 4.98 Å². The van der Waals surface area contributed by atoms with Crippen molar-refractivity contribution in [2.45, 2.75) is 18.9 Å². The van der Waals surface area contributed by atoms with Crippen LogP contribution >= 0.6 is 0 Å². The standard InChI is InChI=1S/C20H21N3O4/c1-27-14-6-4-5-13(11-14)18(24)12-21-19(25)10-9-17-20(26)23-16-8-3-2-7-15(16)22-17/h2-8,11,18,24H,9-10,12H2,1H3,(H,21,25)(H,23,26). The molecule has 0 aliphatic carbocycles. The number of ether oxygens (including phenoxy) is 1. The highest BCUT2D eigenvalue weighted by atomic mass is 16.5. The molecule has 0 aliphatic heterocycles. The van der Waals surface area contributed by atoms with E-state index in [2.05, 4.69) is 15.3 Å². The minimum atomic E-state index is -0.841. The summed E-state index contributed by atoms with van der Waals surface area (Å²) >= 11 is 0. The SMILES string of the molecule is COc1cccc(C(O)CNC(=O)CCc2nc3ccccc3[nH]c2=O)c1. The van der Waals surface area contributed by atoms with Crippen molar-refractivity contribution in [2.75, 3.05) is 13.7 Å². The van der Waals surface area contributed by atoms with Gasteiger partial charge in [-0.1, -0.05) is 24.3 Å². The third-order valence-electron chi connectivity index (χ3n) is 4.23. The number of rotatable bonds is 7. The molecule has 2 aromatic carbocycles. The summed E-state index contributed by atoms with van der Waals surface area (Å²) in [5.74, 6) is 0.380. The Kier molecular flexibility index (Phi) is 5.83. The molecule has 3 rings (SSSR count). The summed E-state index contributed by atoms with van der Waals surface area (Å²) in [4.78, 5) is 31.2. The lowest BCUT2D eigenvalue weighted by Gasteiger charge is -2.13. The van der Waals surface area contributed by atoms with Crippen molar-refractivity contribution >= 4 is 16.9 Å². The Balaban J connectivity index is 1.55. The predicted octanol–water partition coefficient (Wildman–Crippen LogP) is 1.71. The maximum atomic E-state index is 12.1. The molecule has 0 bridgehead atoms. The number of H-pyrrole nitrogens is 1. The van der Waals surface area contributed by atoms with Crippen molar-refractivity contribution in [3.05, 3.63) is 70.1 Å². The topological polar surface area (TPSA) is 104 Å². The Labute approximate surface area is 156 Å². The molecule has 140 valence electrons. The Morgan fingerprint density at radius 3 is 2.89 bits per heavy atom. The van der Waals surface area contributed by atoms with Crippen LogP contribution in [0, 0.1) is 0 Å². The number of methoxy groups -OCH3 is 1. The maximum absolute atomic E-state index is 12.1. The lowest BCUT2D eigenvalue weighted by Crippen LogP contribution is -2.29. The van der Waals surface area contributed by atoms with Crippen molar-refractivity contribution < 1.29 is 14.6 Å². The van der Waals surface area contributed by atoms with Crippen LogP contribution in [0.4, 0.5) is 0 Å². The van der Waals surface area contributed by atoms with Crippen molar-refractivity contribution in [2.24, 2.45) is 0 Å². The summed E-state index contributed by atoms with van der Waals surface area (Å²) in [7, 11) is 1.55. The zero-order valence-corrected chi connectivity index (χ0v) is 14.9. The molecule has 1 atom stereocenters. The molecule has 1 aromatic heterocycles. The Hall–Kier alpha value is -3.19. The molecule has 3 N–H and O–H groups in total. The number of aromatic amines is 1. The van der Waals surface area contributed by atoms with E-state index >= 15 is 0 Å². The molecule has 7 heteroatoms. The van der Waals surface area contributed by atoms with Crippen LogP contribution in [0.5, 0.6) is 5.75 Å². The normalized spacial score (nSPS) is 11.9. The van der Waals surface area contributed by atoms with Crippen LogP contribution < -0.4 is 15.6 Å². The van der Waals surface area contributed by atoms with Crippen LogP contribution in [-0.4, -0.2) is 34.6 Å². The van der Waals surface area contributed by atoms with Crippen molar-refractivity contribution in [3.8, 4) is 5.75 Å². The molecule has 0 spiro atoms. The number of aliphatic hydroxyl groups is 1. The fourth-order valence-electron chi connectivity index (χ4n) is 2.73. The quantitative estimate of drug-likeness (QED) is 0.590. The van der Waals surface area contributed by atoms with Gasteiger partial charge in [0.15, 0.2) is 0 Å². The number of benzene rings is 2. The summed E-state index contributed by atoms with van der Waals surface area (Å²) < 4.78 is 5.12. The summed E-state index contributed by atoms with van der Waals surface area (Å²) in [6, 6.07) is 14.3. The van der Waals surface area contributed by atoms with Gasteiger partial charge in [0.2, 0.25) is 5.91 Å². The molecule has 1 amide bonds. The number of fused-ring (bicyclic) bond motifs is 1. The molecule has 1 heterocycles. The second-order valence-electron chi connectivity index (χ2n) is 6.13. The van der Waals surface area contributed by atoms with Crippen LogP contribution in [-0.2, 0) is 11.2 Å². The second-order valence-corrected chi connectivity index (χ2v) is 6.13. The molecule has 0 fully saturated rings. The van der Waals surface area contributed by atoms with E-state index in [0.717, 1.165) is 0 Å². The van der Waals surface area contributed by atoms with E-state index in [1.807, 2.05) is 12.1 Å². The molecule has 27 heavy (non-hydrogen) atoms. The molecule has 7 nitrogen and oxygen atoms in total. The van der Waals surface area contributed by atoms with Gasteiger partial charge in [-0.05, 0) is 29.8 Å². The molecule has 1 unspecified atom stereocenters. The molecule has 0 aliphatic rings. The summed E-state index contributed by atoms with van der Waals surface area (Å²) in [6.45, 7) is 0.0769. The van der Waals surface area contributed by atoms with E-state index in [1.165, 1.54) is 0 Å². The van der Waals surface area contributed by atoms with Crippen LogP contribution in [0.2, 0.25) is 0 Å². The van der Waals surface area contributed by atoms with Crippen molar-refractivity contribution in [3.63, 3.8) is 0 Å². The number of hydrogen-bond acceptors (Lipinski definition) is 5. The minimum Gasteiger partial charge on any atom is -0.497 e. The fraction of sp³-hybridized carbons (Fsp3) is 0.250. The van der Waals surface area contributed by atoms with E-state index in [0.29, 0.717) is 28.0 Å². The second kappa shape index (κ2) is 8.46. The van der Waals surface area contributed by atoms with Gasteiger partial charge >= 0.3 is 0 Å². The van der Waals surface area contributed by atoms with Crippen LogP contribution in [0.1, 0.15) is 23.8 Å². The van der Waals surface area contributed by atoms with E-state index in [-0.39, 0.29) is 30.9 Å². The highest BCUT2D eigenvalue weighted by Gasteiger charge is 2.12. The number of aliphatic hydroxyl groups excluding tert-OH is 1. The molecule has 0 saturated heterocycles. The monoisotopic (exact) mass is 367 g/mol. The number of hydrogen-bond donors (Lipinski definition) is 3. The third kappa shape index (κ3) is 4.71. The van der Waals surface area contributed by atoms with Gasteiger partial charge in [-0.2, -0.15) is 0 Å². The Bertz CT molecular complexity index is 1000. The molecule has 0 saturated carbocycles. The number of carbonyl (C=O) groups is 1. The first-order chi connectivity index (χ1) is 13.1. The molecule has 3 aromatic rings. The van der Waals surface area contributed by atoms with E-state index in [1.54, 1.807) is 43.5 Å². The molecular formula is C20H21N3O4. The fourth-order valence-corrected chi connectivity index (χ4v) is 2.73. The van der Waals surface area contributed by atoms with Gasteiger partial charge in [0, 0.05) is 19.4 Å². The van der Waals surface area contributed by atoms with Gasteiger partial charge in [0.25, 0.3) is 5.56 Å². The Morgan fingerprint density at radius 1 is 1.26 bits per heavy atom. The predicted molar refractivity (Wildman–Crippen MR) is 102 cm³/mol. The largest absolute Gasteiger partial charge is 0.497 e. The average molecular weight is 367 g/mol. The first-order valence-corrected chi connectivity index (χ1v) is 8.63. The van der Waals surface area contributed by atoms with Crippen LogP contribution in [0.15, 0.2) is 53.3 Å². The number of nitrogens with zero attached hydrogens (tertiary/aromatic N) is 1. The zero-order valence-electron chi connectivity index (χ0n) is 14.9.